The number of para-hydroxylation sites is 1. The van der Waals surface area contributed by atoms with Gasteiger partial charge in [0.2, 0.25) is 0 Å². The summed E-state index contributed by atoms with van der Waals surface area (Å²) in [4.78, 5) is 2.26. The summed E-state index contributed by atoms with van der Waals surface area (Å²) in [5.74, 6) is 0.827. The van der Waals surface area contributed by atoms with Gasteiger partial charge in [0.1, 0.15) is 0 Å². The smallest absolute Gasteiger partial charge is 0.170 e. The quantitative estimate of drug-likeness (QED) is 0.916. The number of benzene rings is 1. The highest BCUT2D eigenvalue weighted by Crippen LogP contribution is 2.22. The van der Waals surface area contributed by atoms with Gasteiger partial charge in [-0.2, -0.15) is 4.68 Å². The Labute approximate surface area is 124 Å². The van der Waals surface area contributed by atoms with E-state index in [0.29, 0.717) is 6.54 Å². The lowest BCUT2D eigenvalue weighted by Gasteiger charge is -2.22. The van der Waals surface area contributed by atoms with E-state index in [9.17, 15) is 5.11 Å². The standard InChI is InChI=1S/C15H21N5O/c1-11-5-3-6-12(2)15(11)20-14(16-17-18-20)9-19-8-4-7-13(19)10-21/h3,5-6,13,21H,4,7-10H2,1-2H3/t13-/m1/s1. The first kappa shape index (κ1) is 14.2. The number of aromatic nitrogens is 4. The SMILES string of the molecule is Cc1cccc(C)c1-n1nnnc1CN1CCC[C@@H]1CO. The maximum atomic E-state index is 9.44. The molecular formula is C15H21N5O. The van der Waals surface area contributed by atoms with Crippen LogP contribution in [0.5, 0.6) is 0 Å². The average Bonchev–Trinajstić information content (AvgIpc) is 3.09. The molecule has 0 amide bonds. The molecule has 6 heteroatoms. The molecular weight excluding hydrogens is 266 g/mol. The van der Waals surface area contributed by atoms with Gasteiger partial charge in [-0.15, -0.1) is 5.10 Å². The molecule has 1 aliphatic heterocycles. The van der Waals surface area contributed by atoms with Gasteiger partial charge in [0.25, 0.3) is 0 Å². The Morgan fingerprint density at radius 3 is 2.76 bits per heavy atom. The highest BCUT2D eigenvalue weighted by molar-refractivity contribution is 5.46. The van der Waals surface area contributed by atoms with Crippen LogP contribution in [-0.4, -0.2) is 49.4 Å². The van der Waals surface area contributed by atoms with E-state index in [1.807, 2.05) is 10.7 Å². The Hall–Kier alpha value is -1.79. The minimum atomic E-state index is 0.199. The molecule has 6 nitrogen and oxygen atoms in total. The Morgan fingerprint density at radius 1 is 1.29 bits per heavy atom. The first-order chi connectivity index (χ1) is 10.2. The largest absolute Gasteiger partial charge is 0.395 e. The molecule has 0 unspecified atom stereocenters. The molecule has 1 N–H and O–H groups in total. The molecule has 0 saturated carbocycles. The van der Waals surface area contributed by atoms with Crippen molar-refractivity contribution in [2.24, 2.45) is 0 Å². The normalized spacial score (nSPS) is 19.3. The lowest BCUT2D eigenvalue weighted by atomic mass is 10.1. The molecule has 0 aliphatic carbocycles. The summed E-state index contributed by atoms with van der Waals surface area (Å²) in [6.07, 6.45) is 2.16. The van der Waals surface area contributed by atoms with Gasteiger partial charge >= 0.3 is 0 Å². The van der Waals surface area contributed by atoms with Crippen molar-refractivity contribution in [3.8, 4) is 5.69 Å². The Bertz CT molecular complexity index is 604. The van der Waals surface area contributed by atoms with E-state index in [1.165, 1.54) is 0 Å². The van der Waals surface area contributed by atoms with Crippen LogP contribution in [0.25, 0.3) is 5.69 Å². The summed E-state index contributed by atoms with van der Waals surface area (Å²) < 4.78 is 1.83. The Morgan fingerprint density at radius 2 is 2.05 bits per heavy atom. The lowest BCUT2D eigenvalue weighted by Crippen LogP contribution is -2.32. The van der Waals surface area contributed by atoms with Crippen molar-refractivity contribution in [2.45, 2.75) is 39.3 Å². The number of hydrogen-bond donors (Lipinski definition) is 1. The number of aliphatic hydroxyl groups excluding tert-OH is 1. The zero-order chi connectivity index (χ0) is 14.8. The third-order valence-electron chi connectivity index (χ3n) is 4.24. The predicted molar refractivity (Wildman–Crippen MR) is 79.1 cm³/mol. The van der Waals surface area contributed by atoms with Crippen molar-refractivity contribution < 1.29 is 5.11 Å². The number of nitrogens with zero attached hydrogens (tertiary/aromatic N) is 5. The third-order valence-corrected chi connectivity index (χ3v) is 4.24. The van der Waals surface area contributed by atoms with E-state index in [4.69, 9.17) is 0 Å². The second kappa shape index (κ2) is 5.91. The molecule has 21 heavy (non-hydrogen) atoms. The monoisotopic (exact) mass is 287 g/mol. The minimum absolute atomic E-state index is 0.199. The summed E-state index contributed by atoms with van der Waals surface area (Å²) >= 11 is 0. The molecule has 1 aliphatic rings. The van der Waals surface area contributed by atoms with Gasteiger partial charge in [0.15, 0.2) is 5.82 Å². The van der Waals surface area contributed by atoms with Crippen LogP contribution in [0.2, 0.25) is 0 Å². The number of tetrazole rings is 1. The zero-order valence-electron chi connectivity index (χ0n) is 12.5. The molecule has 1 aromatic heterocycles. The van der Waals surface area contributed by atoms with Crippen LogP contribution in [0.1, 0.15) is 29.8 Å². The zero-order valence-corrected chi connectivity index (χ0v) is 12.5. The van der Waals surface area contributed by atoms with E-state index in [0.717, 1.165) is 42.0 Å². The van der Waals surface area contributed by atoms with Crippen LogP contribution in [0.4, 0.5) is 0 Å². The van der Waals surface area contributed by atoms with Crippen molar-refractivity contribution >= 4 is 0 Å². The van der Waals surface area contributed by atoms with Crippen molar-refractivity contribution in [2.75, 3.05) is 13.2 Å². The van der Waals surface area contributed by atoms with Crippen LogP contribution in [0.15, 0.2) is 18.2 Å². The lowest BCUT2D eigenvalue weighted by molar-refractivity contribution is 0.150. The van der Waals surface area contributed by atoms with Crippen molar-refractivity contribution in [3.63, 3.8) is 0 Å². The van der Waals surface area contributed by atoms with Crippen LogP contribution < -0.4 is 0 Å². The van der Waals surface area contributed by atoms with Gasteiger partial charge in [0.05, 0.1) is 18.8 Å². The van der Waals surface area contributed by atoms with E-state index >= 15 is 0 Å². The summed E-state index contributed by atoms with van der Waals surface area (Å²) in [6.45, 7) is 6.00. The molecule has 1 saturated heterocycles. The highest BCUT2D eigenvalue weighted by atomic mass is 16.3. The van der Waals surface area contributed by atoms with Crippen LogP contribution in [0, 0.1) is 13.8 Å². The summed E-state index contributed by atoms with van der Waals surface area (Å²) in [5, 5.41) is 21.6. The maximum absolute atomic E-state index is 9.44. The number of aryl methyl sites for hydroxylation is 2. The molecule has 0 bridgehead atoms. The van der Waals surface area contributed by atoms with Gasteiger partial charge in [-0.25, -0.2) is 0 Å². The fourth-order valence-corrected chi connectivity index (χ4v) is 3.11. The fraction of sp³-hybridized carbons (Fsp3) is 0.533. The Kier molecular flexibility index (Phi) is 3.98. The maximum Gasteiger partial charge on any atom is 0.170 e. The van der Waals surface area contributed by atoms with Crippen LogP contribution >= 0.6 is 0 Å². The molecule has 0 spiro atoms. The van der Waals surface area contributed by atoms with Gasteiger partial charge in [-0.3, -0.25) is 4.90 Å². The summed E-state index contributed by atoms with van der Waals surface area (Å²) in [7, 11) is 0. The topological polar surface area (TPSA) is 67.1 Å². The van der Waals surface area contributed by atoms with Crippen LogP contribution in [0.3, 0.4) is 0 Å². The summed E-state index contributed by atoms with van der Waals surface area (Å²) in [6, 6.07) is 6.41. The molecule has 1 aromatic carbocycles. The molecule has 1 atom stereocenters. The number of hydrogen-bond acceptors (Lipinski definition) is 5. The first-order valence-electron chi connectivity index (χ1n) is 7.39. The average molecular weight is 287 g/mol. The van der Waals surface area contributed by atoms with Crippen molar-refractivity contribution in [1.29, 1.82) is 0 Å². The molecule has 1 fully saturated rings. The van der Waals surface area contributed by atoms with Gasteiger partial charge in [0, 0.05) is 6.04 Å². The minimum Gasteiger partial charge on any atom is -0.395 e. The van der Waals surface area contributed by atoms with Gasteiger partial charge in [-0.1, -0.05) is 18.2 Å². The van der Waals surface area contributed by atoms with Crippen molar-refractivity contribution in [1.82, 2.24) is 25.1 Å². The van der Waals surface area contributed by atoms with Gasteiger partial charge < -0.3 is 5.11 Å². The molecule has 0 radical (unpaired) electrons. The number of likely N-dealkylation sites (tertiary alicyclic amines) is 1. The van der Waals surface area contributed by atoms with E-state index in [2.05, 4.69) is 46.4 Å². The molecule has 112 valence electrons. The van der Waals surface area contributed by atoms with E-state index in [-0.39, 0.29) is 12.6 Å². The highest BCUT2D eigenvalue weighted by Gasteiger charge is 2.26. The predicted octanol–water partition coefficient (Wildman–Crippen LogP) is 1.24. The van der Waals surface area contributed by atoms with Crippen molar-refractivity contribution in [3.05, 3.63) is 35.2 Å². The summed E-state index contributed by atoms with van der Waals surface area (Å²) in [5.41, 5.74) is 3.37. The first-order valence-corrected chi connectivity index (χ1v) is 7.39. The van der Waals surface area contributed by atoms with E-state index in [1.54, 1.807) is 0 Å². The second-order valence-corrected chi connectivity index (χ2v) is 5.70. The number of rotatable bonds is 4. The number of aliphatic hydroxyl groups is 1. The fourth-order valence-electron chi connectivity index (χ4n) is 3.11. The third kappa shape index (κ3) is 2.69. The molecule has 3 rings (SSSR count). The Balaban J connectivity index is 1.91. The van der Waals surface area contributed by atoms with E-state index < -0.39 is 0 Å². The van der Waals surface area contributed by atoms with Gasteiger partial charge in [-0.05, 0) is 54.8 Å². The molecule has 2 aromatic rings. The van der Waals surface area contributed by atoms with Crippen LogP contribution in [-0.2, 0) is 6.54 Å². The second-order valence-electron chi connectivity index (χ2n) is 5.70. The molecule has 2 heterocycles.